The standard InChI is InChI=1S/C10H15NO2S/c1-2-14(12,13)8-10-6-4-3-5-9(10)7-11/h3-6H,2,7-8,11H2,1H3. The second kappa shape index (κ2) is 4.57. The van der Waals surface area contributed by atoms with Crippen LogP contribution in [0.25, 0.3) is 0 Å². The van der Waals surface area contributed by atoms with Gasteiger partial charge in [-0.2, -0.15) is 0 Å². The van der Waals surface area contributed by atoms with Crippen molar-refractivity contribution in [2.24, 2.45) is 5.73 Å². The second-order valence-electron chi connectivity index (χ2n) is 3.15. The van der Waals surface area contributed by atoms with Gasteiger partial charge in [0.2, 0.25) is 0 Å². The highest BCUT2D eigenvalue weighted by atomic mass is 32.2. The lowest BCUT2D eigenvalue weighted by molar-refractivity contribution is 0.596. The molecule has 0 saturated carbocycles. The number of benzene rings is 1. The minimum Gasteiger partial charge on any atom is -0.326 e. The SMILES string of the molecule is CCS(=O)(=O)Cc1ccccc1CN. The van der Waals surface area contributed by atoms with Crippen LogP contribution < -0.4 is 5.73 Å². The number of nitrogens with two attached hydrogens (primary N) is 1. The molecule has 4 heteroatoms. The molecule has 0 fully saturated rings. The third-order valence-corrected chi connectivity index (χ3v) is 3.78. The van der Waals surface area contributed by atoms with Crippen LogP contribution in [-0.2, 0) is 22.1 Å². The summed E-state index contributed by atoms with van der Waals surface area (Å²) in [5, 5.41) is 0. The Kier molecular flexibility index (Phi) is 3.66. The molecule has 1 rings (SSSR count). The second-order valence-corrected chi connectivity index (χ2v) is 5.50. The van der Waals surface area contributed by atoms with Crippen LogP contribution in [-0.4, -0.2) is 14.2 Å². The molecule has 14 heavy (non-hydrogen) atoms. The van der Waals surface area contributed by atoms with E-state index < -0.39 is 9.84 Å². The number of rotatable bonds is 4. The van der Waals surface area contributed by atoms with Crippen LogP contribution in [0, 0.1) is 0 Å². The van der Waals surface area contributed by atoms with Crippen LogP contribution in [0.3, 0.4) is 0 Å². The van der Waals surface area contributed by atoms with E-state index >= 15 is 0 Å². The summed E-state index contributed by atoms with van der Waals surface area (Å²) in [7, 11) is -2.96. The predicted molar refractivity (Wildman–Crippen MR) is 57.5 cm³/mol. The molecular formula is C10H15NO2S. The quantitative estimate of drug-likeness (QED) is 0.814. The van der Waals surface area contributed by atoms with E-state index in [1.807, 2.05) is 24.3 Å². The van der Waals surface area contributed by atoms with Gasteiger partial charge in [-0.3, -0.25) is 0 Å². The Morgan fingerprint density at radius 2 is 1.79 bits per heavy atom. The Morgan fingerprint density at radius 3 is 2.29 bits per heavy atom. The average molecular weight is 213 g/mol. The molecule has 1 aromatic rings. The van der Waals surface area contributed by atoms with Gasteiger partial charge in [0, 0.05) is 12.3 Å². The molecule has 0 atom stereocenters. The van der Waals surface area contributed by atoms with E-state index in [0.717, 1.165) is 11.1 Å². The molecule has 1 aromatic carbocycles. The number of sulfone groups is 1. The zero-order chi connectivity index (χ0) is 10.6. The average Bonchev–Trinajstić information content (AvgIpc) is 2.18. The molecule has 0 amide bonds. The van der Waals surface area contributed by atoms with Crippen molar-refractivity contribution in [1.29, 1.82) is 0 Å². The predicted octanol–water partition coefficient (Wildman–Crippen LogP) is 1.08. The smallest absolute Gasteiger partial charge is 0.154 e. The zero-order valence-corrected chi connectivity index (χ0v) is 9.05. The Hall–Kier alpha value is -0.870. The summed E-state index contributed by atoms with van der Waals surface area (Å²) in [6, 6.07) is 7.37. The topological polar surface area (TPSA) is 60.2 Å². The third-order valence-electron chi connectivity index (χ3n) is 2.15. The van der Waals surface area contributed by atoms with Crippen LogP contribution in [0.1, 0.15) is 18.1 Å². The fourth-order valence-corrected chi connectivity index (χ4v) is 2.20. The fraction of sp³-hybridized carbons (Fsp3) is 0.400. The first-order valence-corrected chi connectivity index (χ1v) is 6.38. The van der Waals surface area contributed by atoms with Crippen molar-refractivity contribution in [1.82, 2.24) is 0 Å². The Labute approximate surface area is 84.9 Å². The molecule has 0 saturated heterocycles. The highest BCUT2D eigenvalue weighted by Crippen LogP contribution is 2.12. The van der Waals surface area contributed by atoms with Gasteiger partial charge in [-0.1, -0.05) is 31.2 Å². The first-order valence-electron chi connectivity index (χ1n) is 4.56. The molecule has 0 aliphatic heterocycles. The maximum Gasteiger partial charge on any atom is 0.154 e. The van der Waals surface area contributed by atoms with Crippen LogP contribution in [0.5, 0.6) is 0 Å². The highest BCUT2D eigenvalue weighted by Gasteiger charge is 2.10. The van der Waals surface area contributed by atoms with Crippen LogP contribution in [0.15, 0.2) is 24.3 Å². The molecule has 0 radical (unpaired) electrons. The molecule has 0 heterocycles. The monoisotopic (exact) mass is 213 g/mol. The van der Waals surface area contributed by atoms with Gasteiger partial charge < -0.3 is 5.73 Å². The van der Waals surface area contributed by atoms with Gasteiger partial charge in [0.05, 0.1) is 5.75 Å². The maximum atomic E-state index is 11.4. The molecule has 0 spiro atoms. The van der Waals surface area contributed by atoms with E-state index in [9.17, 15) is 8.42 Å². The Bertz CT molecular complexity index is 398. The lowest BCUT2D eigenvalue weighted by atomic mass is 10.1. The summed E-state index contributed by atoms with van der Waals surface area (Å²) < 4.78 is 22.8. The Balaban J connectivity index is 2.97. The van der Waals surface area contributed by atoms with Crippen molar-refractivity contribution in [2.75, 3.05) is 5.75 Å². The van der Waals surface area contributed by atoms with E-state index in [1.54, 1.807) is 6.92 Å². The van der Waals surface area contributed by atoms with E-state index in [4.69, 9.17) is 5.73 Å². The molecule has 0 aliphatic rings. The third kappa shape index (κ3) is 2.82. The van der Waals surface area contributed by atoms with E-state index in [2.05, 4.69) is 0 Å². The minimum atomic E-state index is -2.96. The Morgan fingerprint density at radius 1 is 1.21 bits per heavy atom. The lowest BCUT2D eigenvalue weighted by Crippen LogP contribution is -2.10. The highest BCUT2D eigenvalue weighted by molar-refractivity contribution is 7.90. The van der Waals surface area contributed by atoms with Crippen molar-refractivity contribution in [2.45, 2.75) is 19.2 Å². The van der Waals surface area contributed by atoms with Crippen LogP contribution >= 0.6 is 0 Å². The first-order chi connectivity index (χ1) is 6.59. The molecule has 0 bridgehead atoms. The first kappa shape index (κ1) is 11.2. The van der Waals surface area contributed by atoms with Crippen molar-refractivity contribution in [3.63, 3.8) is 0 Å². The normalized spacial score (nSPS) is 11.6. The van der Waals surface area contributed by atoms with Crippen molar-refractivity contribution in [3.8, 4) is 0 Å². The molecule has 78 valence electrons. The summed E-state index contributed by atoms with van der Waals surface area (Å²) in [5.74, 6) is 0.267. The molecule has 0 unspecified atom stereocenters. The van der Waals surface area contributed by atoms with E-state index in [1.165, 1.54) is 0 Å². The van der Waals surface area contributed by atoms with Gasteiger partial charge in [-0.05, 0) is 11.1 Å². The molecule has 3 nitrogen and oxygen atoms in total. The zero-order valence-electron chi connectivity index (χ0n) is 8.23. The largest absolute Gasteiger partial charge is 0.326 e. The maximum absolute atomic E-state index is 11.4. The van der Waals surface area contributed by atoms with Crippen molar-refractivity contribution < 1.29 is 8.42 Å². The summed E-state index contributed by atoms with van der Waals surface area (Å²) in [6.45, 7) is 2.04. The summed E-state index contributed by atoms with van der Waals surface area (Å²) in [6.07, 6.45) is 0. The molecular weight excluding hydrogens is 198 g/mol. The minimum absolute atomic E-state index is 0.0941. The van der Waals surface area contributed by atoms with Gasteiger partial charge >= 0.3 is 0 Å². The van der Waals surface area contributed by atoms with Crippen molar-refractivity contribution >= 4 is 9.84 Å². The molecule has 2 N–H and O–H groups in total. The summed E-state index contributed by atoms with van der Waals surface area (Å²) >= 11 is 0. The van der Waals surface area contributed by atoms with Gasteiger partial charge in [0.25, 0.3) is 0 Å². The van der Waals surface area contributed by atoms with Gasteiger partial charge in [0.15, 0.2) is 9.84 Å². The summed E-state index contributed by atoms with van der Waals surface area (Å²) in [4.78, 5) is 0. The van der Waals surface area contributed by atoms with Gasteiger partial charge in [0.1, 0.15) is 0 Å². The van der Waals surface area contributed by atoms with Gasteiger partial charge in [-0.15, -0.1) is 0 Å². The van der Waals surface area contributed by atoms with E-state index in [-0.39, 0.29) is 11.5 Å². The summed E-state index contributed by atoms with van der Waals surface area (Å²) in [5.41, 5.74) is 7.24. The number of hydrogen-bond acceptors (Lipinski definition) is 3. The van der Waals surface area contributed by atoms with E-state index in [0.29, 0.717) is 6.54 Å². The number of hydrogen-bond donors (Lipinski definition) is 1. The fourth-order valence-electron chi connectivity index (χ4n) is 1.24. The van der Waals surface area contributed by atoms with Crippen molar-refractivity contribution in [3.05, 3.63) is 35.4 Å². The molecule has 0 aliphatic carbocycles. The van der Waals surface area contributed by atoms with Gasteiger partial charge in [-0.25, -0.2) is 8.42 Å². The lowest BCUT2D eigenvalue weighted by Gasteiger charge is -2.06. The molecule has 0 aromatic heterocycles. The van der Waals surface area contributed by atoms with Crippen LogP contribution in [0.4, 0.5) is 0 Å². The van der Waals surface area contributed by atoms with Crippen LogP contribution in [0.2, 0.25) is 0 Å².